The second-order valence-electron chi connectivity index (χ2n) is 5.44. The van der Waals surface area contributed by atoms with Crippen LogP contribution in [0.25, 0.3) is 11.0 Å². The molecule has 0 saturated carbocycles. The topological polar surface area (TPSA) is 68.9 Å². The van der Waals surface area contributed by atoms with E-state index in [0.29, 0.717) is 34.8 Å². The Labute approximate surface area is 132 Å². The monoisotopic (exact) mass is 310 g/mol. The van der Waals surface area contributed by atoms with Crippen molar-refractivity contribution in [1.29, 1.82) is 0 Å². The van der Waals surface area contributed by atoms with E-state index in [0.717, 1.165) is 17.7 Å². The van der Waals surface area contributed by atoms with Gasteiger partial charge >= 0.3 is 5.97 Å². The van der Waals surface area contributed by atoms with Crippen LogP contribution in [0.1, 0.15) is 21.7 Å². The molecule has 116 valence electrons. The summed E-state index contributed by atoms with van der Waals surface area (Å²) in [7, 11) is 0. The minimum atomic E-state index is -1.01. The number of fused-ring (bicyclic) bond motifs is 2. The number of rotatable bonds is 3. The SMILES string of the molecule is Cc1oc2ccc(Oc3cccc4c3OCC4)cc2c1C(=O)O. The van der Waals surface area contributed by atoms with Crippen LogP contribution in [-0.2, 0) is 6.42 Å². The first kappa shape index (κ1) is 13.7. The number of ether oxygens (including phenoxy) is 2. The van der Waals surface area contributed by atoms with Gasteiger partial charge in [0.2, 0.25) is 0 Å². The molecule has 5 heteroatoms. The molecule has 0 bridgehead atoms. The molecule has 4 rings (SSSR count). The summed E-state index contributed by atoms with van der Waals surface area (Å²) >= 11 is 0. The molecule has 1 aliphatic rings. The molecule has 2 aromatic carbocycles. The van der Waals surface area contributed by atoms with Crippen molar-refractivity contribution in [3.05, 3.63) is 53.3 Å². The predicted molar refractivity (Wildman–Crippen MR) is 83.6 cm³/mol. The molecule has 0 unspecified atom stereocenters. The molecular formula is C18H14O5. The predicted octanol–water partition coefficient (Wildman–Crippen LogP) is 4.17. The van der Waals surface area contributed by atoms with Gasteiger partial charge in [0.15, 0.2) is 11.5 Å². The highest BCUT2D eigenvalue weighted by Gasteiger charge is 2.20. The number of carboxylic acid groups (broad SMARTS) is 1. The van der Waals surface area contributed by atoms with Gasteiger partial charge in [0.05, 0.1) is 6.61 Å². The summed E-state index contributed by atoms with van der Waals surface area (Å²) in [4.78, 5) is 11.4. The molecule has 1 N–H and O–H groups in total. The third kappa shape index (κ3) is 2.21. The summed E-state index contributed by atoms with van der Waals surface area (Å²) in [5.74, 6) is 1.31. The Balaban J connectivity index is 1.77. The van der Waals surface area contributed by atoms with Gasteiger partial charge < -0.3 is 19.0 Å². The highest BCUT2D eigenvalue weighted by atomic mass is 16.5. The zero-order valence-electron chi connectivity index (χ0n) is 12.5. The Kier molecular flexibility index (Phi) is 3.01. The Morgan fingerprint density at radius 3 is 2.96 bits per heavy atom. The van der Waals surface area contributed by atoms with E-state index in [1.165, 1.54) is 0 Å². The van der Waals surface area contributed by atoms with Crippen molar-refractivity contribution < 1.29 is 23.8 Å². The van der Waals surface area contributed by atoms with E-state index in [9.17, 15) is 9.90 Å². The van der Waals surface area contributed by atoms with Gasteiger partial charge in [-0.25, -0.2) is 4.79 Å². The van der Waals surface area contributed by atoms with E-state index < -0.39 is 5.97 Å². The molecule has 0 amide bonds. The van der Waals surface area contributed by atoms with Gasteiger partial charge in [-0.1, -0.05) is 12.1 Å². The first-order valence-electron chi connectivity index (χ1n) is 7.32. The number of benzene rings is 2. The lowest BCUT2D eigenvalue weighted by Gasteiger charge is -2.09. The zero-order chi connectivity index (χ0) is 16.0. The second kappa shape index (κ2) is 5.05. The number of carbonyl (C=O) groups is 1. The van der Waals surface area contributed by atoms with Gasteiger partial charge in [-0.3, -0.25) is 0 Å². The van der Waals surface area contributed by atoms with Gasteiger partial charge in [-0.15, -0.1) is 0 Å². The lowest BCUT2D eigenvalue weighted by atomic mass is 10.1. The third-order valence-electron chi connectivity index (χ3n) is 3.96. The summed E-state index contributed by atoms with van der Waals surface area (Å²) < 4.78 is 17.0. The number of hydrogen-bond donors (Lipinski definition) is 1. The first-order chi connectivity index (χ1) is 11.1. The summed E-state index contributed by atoms with van der Waals surface area (Å²) in [6, 6.07) is 10.9. The molecule has 0 atom stereocenters. The van der Waals surface area contributed by atoms with Crippen LogP contribution in [0.3, 0.4) is 0 Å². The van der Waals surface area contributed by atoms with Gasteiger partial charge in [-0.2, -0.15) is 0 Å². The van der Waals surface area contributed by atoms with Gasteiger partial charge in [0, 0.05) is 17.4 Å². The summed E-state index contributed by atoms with van der Waals surface area (Å²) in [5, 5.41) is 9.87. The Hall–Kier alpha value is -2.95. The standard InChI is InChI=1S/C18H14O5/c1-10-16(18(19)20)13-9-12(5-6-14(13)22-10)23-15-4-2-3-11-7-8-21-17(11)15/h2-6,9H,7-8H2,1H3,(H,19,20). The highest BCUT2D eigenvalue weighted by Crippen LogP contribution is 2.39. The van der Waals surface area contributed by atoms with Crippen molar-refractivity contribution in [3.63, 3.8) is 0 Å². The zero-order valence-corrected chi connectivity index (χ0v) is 12.5. The largest absolute Gasteiger partial charge is 0.489 e. The fourth-order valence-corrected chi connectivity index (χ4v) is 2.92. The molecule has 3 aromatic rings. The molecule has 0 radical (unpaired) electrons. The Morgan fingerprint density at radius 2 is 2.13 bits per heavy atom. The van der Waals surface area contributed by atoms with Crippen LogP contribution in [0.15, 0.2) is 40.8 Å². The Morgan fingerprint density at radius 1 is 1.26 bits per heavy atom. The van der Waals surface area contributed by atoms with Crippen molar-refractivity contribution in [3.8, 4) is 17.2 Å². The Bertz CT molecular complexity index is 923. The molecule has 0 spiro atoms. The average Bonchev–Trinajstić information content (AvgIpc) is 3.10. The lowest BCUT2D eigenvalue weighted by Crippen LogP contribution is -1.96. The molecule has 23 heavy (non-hydrogen) atoms. The van der Waals surface area contributed by atoms with Crippen molar-refractivity contribution in [1.82, 2.24) is 0 Å². The average molecular weight is 310 g/mol. The molecule has 1 aliphatic heterocycles. The van der Waals surface area contributed by atoms with Crippen LogP contribution in [0, 0.1) is 6.92 Å². The fraction of sp³-hybridized carbons (Fsp3) is 0.167. The maximum absolute atomic E-state index is 11.4. The number of furan rings is 1. The van der Waals surface area contributed by atoms with E-state index in [-0.39, 0.29) is 5.56 Å². The smallest absolute Gasteiger partial charge is 0.339 e. The van der Waals surface area contributed by atoms with E-state index in [1.807, 2.05) is 18.2 Å². The number of hydrogen-bond acceptors (Lipinski definition) is 4. The van der Waals surface area contributed by atoms with Crippen LogP contribution < -0.4 is 9.47 Å². The first-order valence-corrected chi connectivity index (χ1v) is 7.32. The number of carboxylic acids is 1. The van der Waals surface area contributed by atoms with Gasteiger partial charge in [0.1, 0.15) is 22.7 Å². The van der Waals surface area contributed by atoms with Crippen LogP contribution in [0.5, 0.6) is 17.2 Å². The quantitative estimate of drug-likeness (QED) is 0.786. The summed E-state index contributed by atoms with van der Waals surface area (Å²) in [6.45, 7) is 2.29. The summed E-state index contributed by atoms with van der Waals surface area (Å²) in [5.41, 5.74) is 1.82. The maximum atomic E-state index is 11.4. The van der Waals surface area contributed by atoms with Crippen molar-refractivity contribution in [2.45, 2.75) is 13.3 Å². The van der Waals surface area contributed by atoms with E-state index in [1.54, 1.807) is 25.1 Å². The van der Waals surface area contributed by atoms with E-state index in [4.69, 9.17) is 13.9 Å². The van der Waals surface area contributed by atoms with Crippen LogP contribution in [0.2, 0.25) is 0 Å². The molecule has 0 aliphatic carbocycles. The lowest BCUT2D eigenvalue weighted by molar-refractivity contribution is 0.0697. The van der Waals surface area contributed by atoms with Crippen LogP contribution in [0.4, 0.5) is 0 Å². The molecule has 5 nitrogen and oxygen atoms in total. The number of para-hydroxylation sites is 1. The number of aromatic carboxylic acids is 1. The second-order valence-corrected chi connectivity index (χ2v) is 5.44. The van der Waals surface area contributed by atoms with Gasteiger partial charge in [0.25, 0.3) is 0 Å². The molecule has 0 fully saturated rings. The van der Waals surface area contributed by atoms with Crippen molar-refractivity contribution in [2.75, 3.05) is 6.61 Å². The molecule has 1 aromatic heterocycles. The minimum absolute atomic E-state index is 0.167. The van der Waals surface area contributed by atoms with Crippen molar-refractivity contribution in [2.24, 2.45) is 0 Å². The van der Waals surface area contributed by atoms with Crippen LogP contribution in [-0.4, -0.2) is 17.7 Å². The minimum Gasteiger partial charge on any atom is -0.489 e. The fourth-order valence-electron chi connectivity index (χ4n) is 2.92. The maximum Gasteiger partial charge on any atom is 0.339 e. The van der Waals surface area contributed by atoms with Crippen molar-refractivity contribution >= 4 is 16.9 Å². The molecule has 0 saturated heterocycles. The van der Waals surface area contributed by atoms with E-state index >= 15 is 0 Å². The van der Waals surface area contributed by atoms with Crippen LogP contribution >= 0.6 is 0 Å². The normalized spacial score (nSPS) is 12.9. The summed E-state index contributed by atoms with van der Waals surface area (Å²) in [6.07, 6.45) is 0.871. The van der Waals surface area contributed by atoms with Gasteiger partial charge in [-0.05, 0) is 31.2 Å². The molecule has 2 heterocycles. The molecular weight excluding hydrogens is 296 g/mol. The number of aryl methyl sites for hydroxylation is 1. The highest BCUT2D eigenvalue weighted by molar-refractivity contribution is 6.03. The van der Waals surface area contributed by atoms with E-state index in [2.05, 4.69) is 0 Å². The third-order valence-corrected chi connectivity index (χ3v) is 3.96.